The SMILES string of the molecule is O=C1/C(=C\c2ccc(-c3cccc(Br)c3)o2)SC(=S)N1c1ccccc1. The first-order valence-corrected chi connectivity index (χ1v) is 9.82. The topological polar surface area (TPSA) is 33.5 Å². The van der Waals surface area contributed by atoms with Crippen LogP contribution in [-0.2, 0) is 4.79 Å². The molecule has 0 N–H and O–H groups in total. The van der Waals surface area contributed by atoms with Crippen molar-refractivity contribution in [3.05, 3.63) is 81.9 Å². The molecule has 6 heteroatoms. The van der Waals surface area contributed by atoms with E-state index in [0.29, 0.717) is 15.0 Å². The fourth-order valence-corrected chi connectivity index (χ4v) is 4.30. The molecule has 0 bridgehead atoms. The molecule has 26 heavy (non-hydrogen) atoms. The summed E-state index contributed by atoms with van der Waals surface area (Å²) in [5, 5.41) is 0. The number of anilines is 1. The highest BCUT2D eigenvalue weighted by molar-refractivity contribution is 9.10. The molecule has 0 spiro atoms. The summed E-state index contributed by atoms with van der Waals surface area (Å²) in [4.78, 5) is 14.8. The number of hydrogen-bond donors (Lipinski definition) is 0. The quantitative estimate of drug-likeness (QED) is 0.362. The second-order valence-corrected chi connectivity index (χ2v) is 8.16. The van der Waals surface area contributed by atoms with Gasteiger partial charge in [0.15, 0.2) is 4.32 Å². The molecule has 1 amide bonds. The summed E-state index contributed by atoms with van der Waals surface area (Å²) in [7, 11) is 0. The Morgan fingerprint density at radius 2 is 1.85 bits per heavy atom. The van der Waals surface area contributed by atoms with E-state index >= 15 is 0 Å². The van der Waals surface area contributed by atoms with Crippen LogP contribution in [0.15, 0.2) is 80.5 Å². The third kappa shape index (κ3) is 3.40. The molecule has 1 aliphatic heterocycles. The average molecular weight is 442 g/mol. The van der Waals surface area contributed by atoms with Gasteiger partial charge in [0.1, 0.15) is 11.5 Å². The van der Waals surface area contributed by atoms with Gasteiger partial charge in [-0.25, -0.2) is 0 Å². The molecule has 2 heterocycles. The summed E-state index contributed by atoms with van der Waals surface area (Å²) in [5.74, 6) is 1.23. The van der Waals surface area contributed by atoms with E-state index in [1.54, 1.807) is 11.0 Å². The lowest BCUT2D eigenvalue weighted by atomic mass is 10.2. The number of rotatable bonds is 3. The summed E-state index contributed by atoms with van der Waals surface area (Å²) in [6.45, 7) is 0. The van der Waals surface area contributed by atoms with E-state index in [1.165, 1.54) is 11.8 Å². The molecule has 3 nitrogen and oxygen atoms in total. The Kier molecular flexibility index (Phi) is 4.80. The number of carbonyl (C=O) groups is 1. The van der Waals surface area contributed by atoms with Gasteiger partial charge in [0.05, 0.1) is 10.6 Å². The Labute approximate surface area is 168 Å². The van der Waals surface area contributed by atoms with Gasteiger partial charge in [-0.1, -0.05) is 70.2 Å². The van der Waals surface area contributed by atoms with Gasteiger partial charge in [0.2, 0.25) is 0 Å². The molecular formula is C20H12BrNO2S2. The molecule has 0 atom stereocenters. The lowest BCUT2D eigenvalue weighted by molar-refractivity contribution is -0.113. The van der Waals surface area contributed by atoms with Gasteiger partial charge in [0, 0.05) is 16.1 Å². The van der Waals surface area contributed by atoms with Crippen LogP contribution in [0.5, 0.6) is 0 Å². The molecule has 1 fully saturated rings. The summed E-state index contributed by atoms with van der Waals surface area (Å²) in [5.41, 5.74) is 1.74. The van der Waals surface area contributed by atoms with E-state index in [4.69, 9.17) is 16.6 Å². The highest BCUT2D eigenvalue weighted by atomic mass is 79.9. The van der Waals surface area contributed by atoms with Crippen molar-refractivity contribution in [2.45, 2.75) is 0 Å². The summed E-state index contributed by atoms with van der Waals surface area (Å²) >= 11 is 10.1. The number of hydrogen-bond acceptors (Lipinski definition) is 4. The molecule has 0 unspecified atom stereocenters. The van der Waals surface area contributed by atoms with Gasteiger partial charge in [0.25, 0.3) is 5.91 Å². The highest BCUT2D eigenvalue weighted by Crippen LogP contribution is 2.36. The largest absolute Gasteiger partial charge is 0.457 e. The van der Waals surface area contributed by atoms with Crippen molar-refractivity contribution in [2.24, 2.45) is 0 Å². The first-order chi connectivity index (χ1) is 12.6. The first kappa shape index (κ1) is 17.3. The van der Waals surface area contributed by atoms with Crippen LogP contribution < -0.4 is 4.90 Å². The molecule has 0 saturated carbocycles. The summed E-state index contributed by atoms with van der Waals surface area (Å²) in [6.07, 6.45) is 1.74. The van der Waals surface area contributed by atoms with Gasteiger partial charge < -0.3 is 4.42 Å². The molecule has 1 aliphatic rings. The fourth-order valence-electron chi connectivity index (χ4n) is 2.62. The average Bonchev–Trinajstić information content (AvgIpc) is 3.21. The van der Waals surface area contributed by atoms with Gasteiger partial charge in [-0.2, -0.15) is 0 Å². The Morgan fingerprint density at radius 3 is 2.62 bits per heavy atom. The summed E-state index contributed by atoms with van der Waals surface area (Å²) in [6, 6.07) is 21.0. The van der Waals surface area contributed by atoms with Crippen LogP contribution in [0.3, 0.4) is 0 Å². The van der Waals surface area contributed by atoms with Gasteiger partial charge in [-0.05, 0) is 36.4 Å². The third-order valence-corrected chi connectivity index (χ3v) is 5.61. The number of benzene rings is 2. The number of carbonyl (C=O) groups excluding carboxylic acids is 1. The third-order valence-electron chi connectivity index (χ3n) is 3.82. The Balaban J connectivity index is 1.62. The zero-order valence-electron chi connectivity index (χ0n) is 13.4. The van der Waals surface area contributed by atoms with Crippen LogP contribution in [0.25, 0.3) is 17.4 Å². The van der Waals surface area contributed by atoms with E-state index < -0.39 is 0 Å². The number of amides is 1. The number of thioether (sulfide) groups is 1. The van der Waals surface area contributed by atoms with Crippen molar-refractivity contribution in [2.75, 3.05) is 4.90 Å². The van der Waals surface area contributed by atoms with Crippen LogP contribution >= 0.6 is 39.9 Å². The van der Waals surface area contributed by atoms with Crippen molar-refractivity contribution in [1.29, 1.82) is 0 Å². The predicted molar refractivity (Wildman–Crippen MR) is 114 cm³/mol. The van der Waals surface area contributed by atoms with E-state index in [1.807, 2.05) is 66.7 Å². The first-order valence-electron chi connectivity index (χ1n) is 7.80. The van der Waals surface area contributed by atoms with Crippen molar-refractivity contribution in [3.8, 4) is 11.3 Å². The number of furan rings is 1. The zero-order chi connectivity index (χ0) is 18.1. The smallest absolute Gasteiger partial charge is 0.270 e. The standard InChI is InChI=1S/C20H12BrNO2S2/c21-14-6-4-5-13(11-14)17-10-9-16(24-17)12-18-19(23)22(20(25)26-18)15-7-2-1-3-8-15/h1-12H/b18-12+. The monoisotopic (exact) mass is 441 g/mol. The summed E-state index contributed by atoms with van der Waals surface area (Å²) < 4.78 is 7.39. The molecule has 0 aliphatic carbocycles. The Morgan fingerprint density at radius 1 is 1.04 bits per heavy atom. The number of thiocarbonyl (C=S) groups is 1. The van der Waals surface area contributed by atoms with Crippen LogP contribution in [0.4, 0.5) is 5.69 Å². The number of para-hydroxylation sites is 1. The minimum absolute atomic E-state index is 0.133. The van der Waals surface area contributed by atoms with Crippen molar-refractivity contribution in [1.82, 2.24) is 0 Å². The second-order valence-electron chi connectivity index (χ2n) is 5.57. The maximum absolute atomic E-state index is 12.7. The predicted octanol–water partition coefficient (Wildman–Crippen LogP) is 6.11. The van der Waals surface area contributed by atoms with E-state index in [0.717, 1.165) is 21.5 Å². The normalized spacial score (nSPS) is 15.9. The van der Waals surface area contributed by atoms with Crippen molar-refractivity contribution >= 4 is 61.9 Å². The van der Waals surface area contributed by atoms with Gasteiger partial charge in [-0.15, -0.1) is 0 Å². The van der Waals surface area contributed by atoms with E-state index in [-0.39, 0.29) is 5.91 Å². The van der Waals surface area contributed by atoms with Crippen molar-refractivity contribution in [3.63, 3.8) is 0 Å². The van der Waals surface area contributed by atoms with Crippen LogP contribution in [0.2, 0.25) is 0 Å². The lowest BCUT2D eigenvalue weighted by Crippen LogP contribution is -2.27. The molecule has 4 rings (SSSR count). The zero-order valence-corrected chi connectivity index (χ0v) is 16.6. The fraction of sp³-hybridized carbons (Fsp3) is 0. The molecule has 2 aromatic carbocycles. The number of nitrogens with zero attached hydrogens (tertiary/aromatic N) is 1. The highest BCUT2D eigenvalue weighted by Gasteiger charge is 2.33. The van der Waals surface area contributed by atoms with E-state index in [9.17, 15) is 4.79 Å². The molecule has 0 radical (unpaired) electrons. The molecule has 1 saturated heterocycles. The van der Waals surface area contributed by atoms with Crippen LogP contribution in [0.1, 0.15) is 5.76 Å². The van der Waals surface area contributed by atoms with Crippen LogP contribution in [0, 0.1) is 0 Å². The number of halogens is 1. The Bertz CT molecular complexity index is 1030. The molecule has 128 valence electrons. The molecule has 1 aromatic heterocycles. The molecule has 3 aromatic rings. The van der Waals surface area contributed by atoms with E-state index in [2.05, 4.69) is 15.9 Å². The van der Waals surface area contributed by atoms with Crippen molar-refractivity contribution < 1.29 is 9.21 Å². The van der Waals surface area contributed by atoms with Gasteiger partial charge >= 0.3 is 0 Å². The Hall–Kier alpha value is -2.15. The van der Waals surface area contributed by atoms with Gasteiger partial charge in [-0.3, -0.25) is 9.69 Å². The lowest BCUT2D eigenvalue weighted by Gasteiger charge is -2.13. The van der Waals surface area contributed by atoms with Crippen LogP contribution in [-0.4, -0.2) is 10.2 Å². The maximum atomic E-state index is 12.7. The minimum atomic E-state index is -0.133. The minimum Gasteiger partial charge on any atom is -0.457 e. The maximum Gasteiger partial charge on any atom is 0.270 e. The molecular weight excluding hydrogens is 430 g/mol. The second kappa shape index (κ2) is 7.23.